The molecule has 0 atom stereocenters. The van der Waals surface area contributed by atoms with E-state index in [9.17, 15) is 0 Å². The predicted molar refractivity (Wildman–Crippen MR) is 119 cm³/mol. The van der Waals surface area contributed by atoms with Gasteiger partial charge in [-0.05, 0) is 43.3 Å². The van der Waals surface area contributed by atoms with E-state index in [4.69, 9.17) is 4.74 Å². The largest absolute Gasteiger partial charge is 0.381 e. The van der Waals surface area contributed by atoms with E-state index in [1.807, 2.05) is 7.05 Å². The normalized spacial score (nSPS) is 25.7. The fraction of sp³-hybridized carbons (Fsp3) is 0.947. The molecule has 1 saturated carbocycles. The smallest absolute Gasteiger partial charge is 0.193 e. The van der Waals surface area contributed by atoms with Crippen molar-refractivity contribution in [3.8, 4) is 0 Å². The number of guanidine groups is 1. The van der Waals surface area contributed by atoms with Crippen molar-refractivity contribution in [3.05, 3.63) is 0 Å². The lowest BCUT2D eigenvalue weighted by Gasteiger charge is -2.38. The summed E-state index contributed by atoms with van der Waals surface area (Å²) in [5.74, 6) is 2.30. The maximum Gasteiger partial charge on any atom is 0.193 e. The lowest BCUT2D eigenvalue weighted by molar-refractivity contribution is 0.0780. The lowest BCUT2D eigenvalue weighted by atomic mass is 9.73. The van der Waals surface area contributed by atoms with E-state index in [1.54, 1.807) is 0 Å². The Hall–Kier alpha value is 0.310. The number of thioether (sulfide) groups is 1. The maximum atomic E-state index is 5.60. The Morgan fingerprint density at radius 1 is 1.12 bits per heavy atom. The summed E-state index contributed by atoms with van der Waals surface area (Å²) in [6.07, 6.45) is 10.8. The summed E-state index contributed by atoms with van der Waals surface area (Å²) < 4.78 is 5.92. The molecule has 0 amide bonds. The van der Waals surface area contributed by atoms with E-state index in [0.717, 1.165) is 38.6 Å². The second-order valence-electron chi connectivity index (χ2n) is 7.86. The topological polar surface area (TPSA) is 36.9 Å². The second-order valence-corrected chi connectivity index (χ2v) is 9.59. The van der Waals surface area contributed by atoms with E-state index < -0.39 is 0 Å². The number of halogens is 1. The molecule has 0 aromatic rings. The number of rotatable bonds is 4. The molecule has 4 nitrogen and oxygen atoms in total. The Bertz CT molecular complexity index is 429. The molecule has 2 heterocycles. The number of nitrogens with one attached hydrogen (secondary N) is 1. The standard InChI is InChI=1S/C19H35N3OS.HI/c1-3-24-19(10-13-23-14-11-19)15-21-17(20-2)22-12-9-18(16-22)7-5-4-6-8-18;/h3-16H2,1-2H3,(H,20,21);1H. The molecule has 2 aliphatic heterocycles. The van der Waals surface area contributed by atoms with Gasteiger partial charge in [0.1, 0.15) is 0 Å². The fourth-order valence-corrected chi connectivity index (χ4v) is 6.06. The van der Waals surface area contributed by atoms with Crippen molar-refractivity contribution in [1.82, 2.24) is 10.2 Å². The highest BCUT2D eigenvalue weighted by Gasteiger charge is 2.40. The van der Waals surface area contributed by atoms with Gasteiger partial charge in [0.25, 0.3) is 0 Å². The number of hydrogen-bond donors (Lipinski definition) is 1. The van der Waals surface area contributed by atoms with Crippen LogP contribution >= 0.6 is 35.7 Å². The Morgan fingerprint density at radius 3 is 2.48 bits per heavy atom. The zero-order chi connectivity index (χ0) is 16.9. The van der Waals surface area contributed by atoms with Crippen LogP contribution < -0.4 is 5.32 Å². The quantitative estimate of drug-likeness (QED) is 0.372. The van der Waals surface area contributed by atoms with Crippen molar-refractivity contribution < 1.29 is 4.74 Å². The van der Waals surface area contributed by atoms with Crippen molar-refractivity contribution in [2.24, 2.45) is 10.4 Å². The van der Waals surface area contributed by atoms with Crippen LogP contribution in [0.3, 0.4) is 0 Å². The van der Waals surface area contributed by atoms with Crippen LogP contribution in [-0.4, -0.2) is 61.3 Å². The zero-order valence-corrected chi connectivity index (χ0v) is 19.2. The molecule has 0 radical (unpaired) electrons. The molecule has 0 aromatic carbocycles. The molecule has 146 valence electrons. The Labute approximate surface area is 175 Å². The highest BCUT2D eigenvalue weighted by molar-refractivity contribution is 14.0. The lowest BCUT2D eigenvalue weighted by Crippen LogP contribution is -2.49. The van der Waals surface area contributed by atoms with Crippen LogP contribution in [0.15, 0.2) is 4.99 Å². The van der Waals surface area contributed by atoms with Gasteiger partial charge >= 0.3 is 0 Å². The first-order chi connectivity index (χ1) is 11.7. The average Bonchev–Trinajstić information content (AvgIpc) is 3.00. The van der Waals surface area contributed by atoms with Gasteiger partial charge in [-0.15, -0.1) is 24.0 Å². The van der Waals surface area contributed by atoms with Crippen LogP contribution in [0, 0.1) is 5.41 Å². The number of aliphatic imine (C=N–C) groups is 1. The van der Waals surface area contributed by atoms with Gasteiger partial charge in [-0.3, -0.25) is 4.99 Å². The molecule has 0 bridgehead atoms. The molecule has 0 aromatic heterocycles. The Kier molecular flexibility index (Phi) is 8.66. The van der Waals surface area contributed by atoms with Gasteiger partial charge in [0.05, 0.1) is 0 Å². The maximum absolute atomic E-state index is 5.60. The second kappa shape index (κ2) is 10.0. The Morgan fingerprint density at radius 2 is 1.84 bits per heavy atom. The molecule has 6 heteroatoms. The first kappa shape index (κ1) is 21.6. The first-order valence-electron chi connectivity index (χ1n) is 9.88. The summed E-state index contributed by atoms with van der Waals surface area (Å²) in [6, 6.07) is 0. The third kappa shape index (κ3) is 5.41. The molecule has 1 spiro atoms. The van der Waals surface area contributed by atoms with Crippen molar-refractivity contribution in [1.29, 1.82) is 0 Å². The molecular weight excluding hydrogens is 445 g/mol. The van der Waals surface area contributed by atoms with Crippen LogP contribution in [0.4, 0.5) is 0 Å². The van der Waals surface area contributed by atoms with Gasteiger partial charge in [-0.25, -0.2) is 0 Å². The molecule has 3 fully saturated rings. The first-order valence-corrected chi connectivity index (χ1v) is 10.9. The van der Waals surface area contributed by atoms with Crippen molar-refractivity contribution >= 4 is 41.7 Å². The molecule has 1 N–H and O–H groups in total. The summed E-state index contributed by atoms with van der Waals surface area (Å²) in [5, 5.41) is 3.73. The van der Waals surface area contributed by atoms with E-state index in [-0.39, 0.29) is 24.0 Å². The van der Waals surface area contributed by atoms with Gasteiger partial charge in [0, 0.05) is 44.6 Å². The fourth-order valence-electron chi connectivity index (χ4n) is 4.82. The van der Waals surface area contributed by atoms with Gasteiger partial charge in [0.15, 0.2) is 5.96 Å². The monoisotopic (exact) mass is 481 g/mol. The van der Waals surface area contributed by atoms with Crippen molar-refractivity contribution in [2.45, 2.75) is 63.0 Å². The van der Waals surface area contributed by atoms with E-state index in [2.05, 4.69) is 33.9 Å². The van der Waals surface area contributed by atoms with Crippen LogP contribution in [-0.2, 0) is 4.74 Å². The highest BCUT2D eigenvalue weighted by Crippen LogP contribution is 2.43. The van der Waals surface area contributed by atoms with E-state index >= 15 is 0 Å². The molecule has 2 saturated heterocycles. The van der Waals surface area contributed by atoms with Gasteiger partial charge in [0.2, 0.25) is 0 Å². The zero-order valence-electron chi connectivity index (χ0n) is 16.0. The number of likely N-dealkylation sites (tertiary alicyclic amines) is 1. The number of nitrogens with zero attached hydrogens (tertiary/aromatic N) is 2. The highest BCUT2D eigenvalue weighted by atomic mass is 127. The van der Waals surface area contributed by atoms with E-state index in [1.165, 1.54) is 57.4 Å². The van der Waals surface area contributed by atoms with Gasteiger partial charge in [-0.2, -0.15) is 11.8 Å². The minimum atomic E-state index is 0. The Balaban J connectivity index is 0.00000225. The van der Waals surface area contributed by atoms with Crippen LogP contribution in [0.5, 0.6) is 0 Å². The summed E-state index contributed by atoms with van der Waals surface area (Å²) in [6.45, 7) is 7.48. The number of hydrogen-bond acceptors (Lipinski definition) is 3. The van der Waals surface area contributed by atoms with Gasteiger partial charge < -0.3 is 15.0 Å². The van der Waals surface area contributed by atoms with Crippen LogP contribution in [0.25, 0.3) is 0 Å². The number of ether oxygens (including phenoxy) is 1. The molecule has 25 heavy (non-hydrogen) atoms. The van der Waals surface area contributed by atoms with Crippen molar-refractivity contribution in [2.75, 3.05) is 45.6 Å². The predicted octanol–water partition coefficient (Wildman–Crippen LogP) is 4.14. The van der Waals surface area contributed by atoms with Crippen LogP contribution in [0.1, 0.15) is 58.3 Å². The minimum Gasteiger partial charge on any atom is -0.381 e. The van der Waals surface area contributed by atoms with Crippen molar-refractivity contribution in [3.63, 3.8) is 0 Å². The third-order valence-electron chi connectivity index (χ3n) is 6.29. The minimum absolute atomic E-state index is 0. The SMILES string of the molecule is CCSC1(CNC(=NC)N2CCC3(CCCCC3)C2)CCOCC1.I. The van der Waals surface area contributed by atoms with E-state index in [0.29, 0.717) is 10.2 Å². The van der Waals surface area contributed by atoms with Crippen LogP contribution in [0.2, 0.25) is 0 Å². The third-order valence-corrected chi connectivity index (χ3v) is 7.74. The molecule has 3 rings (SSSR count). The summed E-state index contributed by atoms with van der Waals surface area (Å²) in [5.41, 5.74) is 0.588. The summed E-state index contributed by atoms with van der Waals surface area (Å²) >= 11 is 2.10. The molecular formula is C19H36IN3OS. The van der Waals surface area contributed by atoms with Gasteiger partial charge in [-0.1, -0.05) is 26.2 Å². The summed E-state index contributed by atoms with van der Waals surface area (Å²) in [7, 11) is 1.94. The summed E-state index contributed by atoms with van der Waals surface area (Å²) in [4.78, 5) is 7.14. The molecule has 0 unspecified atom stereocenters. The molecule has 3 aliphatic rings. The molecule has 1 aliphatic carbocycles. The average molecular weight is 481 g/mol.